The molecule has 0 bridgehead atoms. The van der Waals surface area contributed by atoms with Crippen molar-refractivity contribution in [3.8, 4) is 11.4 Å². The minimum Gasteiger partial charge on any atom is -0.338 e. The second-order valence-corrected chi connectivity index (χ2v) is 7.80. The number of ketones is 1. The maximum atomic E-state index is 12.3. The minimum atomic E-state index is -0.330. The molecule has 0 aliphatic carbocycles. The lowest BCUT2D eigenvalue weighted by Gasteiger charge is -2.11. The first-order valence-electron chi connectivity index (χ1n) is 8.55. The fraction of sp³-hybridized carbons (Fsp3) is 0.200. The molecule has 0 saturated carbocycles. The zero-order valence-corrected chi connectivity index (χ0v) is 16.9. The third kappa shape index (κ3) is 4.99. The second-order valence-electron chi connectivity index (χ2n) is 6.07. The van der Waals surface area contributed by atoms with E-state index < -0.39 is 0 Å². The molecule has 1 atom stereocenters. The van der Waals surface area contributed by atoms with Crippen LogP contribution in [-0.4, -0.2) is 27.1 Å². The Morgan fingerprint density at radius 1 is 1.18 bits per heavy atom. The number of nitrogens with zero attached hydrogens (tertiary/aromatic N) is 2. The maximum Gasteiger partial charge on any atom is 0.237 e. The fourth-order valence-corrected chi connectivity index (χ4v) is 3.31. The standard InChI is InChI=1S/C20H18ClN3O3S/c1-12(25)14-7-9-15(10-8-14)22-20(26)13(2)28-11-18-23-19(24-27-18)16-5-3-4-6-17(16)21/h3-10,13H,11H2,1-2H3,(H,22,26)/t13-/m0/s1. The van der Waals surface area contributed by atoms with Gasteiger partial charge in [0.05, 0.1) is 16.0 Å². The smallest absolute Gasteiger partial charge is 0.237 e. The van der Waals surface area contributed by atoms with Gasteiger partial charge in [0.25, 0.3) is 0 Å². The summed E-state index contributed by atoms with van der Waals surface area (Å²) in [7, 11) is 0. The van der Waals surface area contributed by atoms with Crippen LogP contribution in [0.2, 0.25) is 5.02 Å². The SMILES string of the molecule is CC(=O)c1ccc(NC(=O)[C@H](C)SCc2nc(-c3ccccc3Cl)no2)cc1. The summed E-state index contributed by atoms with van der Waals surface area (Å²) in [6, 6.07) is 14.0. The lowest BCUT2D eigenvalue weighted by Crippen LogP contribution is -2.22. The Balaban J connectivity index is 1.55. The number of carbonyl (C=O) groups is 2. The van der Waals surface area contributed by atoms with Crippen molar-refractivity contribution in [2.24, 2.45) is 0 Å². The normalized spacial score (nSPS) is 11.8. The van der Waals surface area contributed by atoms with Gasteiger partial charge in [-0.15, -0.1) is 11.8 Å². The van der Waals surface area contributed by atoms with Gasteiger partial charge in [0.15, 0.2) is 5.78 Å². The number of Topliss-reactive ketones (excluding diaryl/α,β-unsaturated/α-hetero) is 1. The average Bonchev–Trinajstić information content (AvgIpc) is 3.15. The maximum absolute atomic E-state index is 12.3. The first-order valence-corrected chi connectivity index (χ1v) is 9.97. The molecule has 2 aromatic carbocycles. The largest absolute Gasteiger partial charge is 0.338 e. The number of halogens is 1. The van der Waals surface area contributed by atoms with Crippen LogP contribution in [0.3, 0.4) is 0 Å². The molecule has 3 aromatic rings. The highest BCUT2D eigenvalue weighted by Gasteiger charge is 2.17. The summed E-state index contributed by atoms with van der Waals surface area (Å²) < 4.78 is 5.25. The van der Waals surface area contributed by atoms with Gasteiger partial charge in [0, 0.05) is 16.8 Å². The van der Waals surface area contributed by atoms with Crippen molar-refractivity contribution in [3.63, 3.8) is 0 Å². The summed E-state index contributed by atoms with van der Waals surface area (Å²) >= 11 is 7.52. The summed E-state index contributed by atoms with van der Waals surface area (Å²) in [5, 5.41) is 6.99. The van der Waals surface area contributed by atoms with Crippen molar-refractivity contribution in [1.29, 1.82) is 0 Å². The van der Waals surface area contributed by atoms with E-state index in [1.165, 1.54) is 18.7 Å². The Labute approximate surface area is 171 Å². The molecule has 0 aliphatic heterocycles. The number of hydrogen-bond donors (Lipinski definition) is 1. The van der Waals surface area contributed by atoms with Gasteiger partial charge in [-0.05, 0) is 50.2 Å². The molecule has 3 rings (SSSR count). The van der Waals surface area contributed by atoms with E-state index in [1.807, 2.05) is 18.2 Å². The van der Waals surface area contributed by atoms with E-state index in [0.717, 1.165) is 0 Å². The number of thioether (sulfide) groups is 1. The van der Waals surface area contributed by atoms with Crippen molar-refractivity contribution in [2.75, 3.05) is 5.32 Å². The van der Waals surface area contributed by atoms with E-state index in [1.54, 1.807) is 37.3 Å². The van der Waals surface area contributed by atoms with Crippen molar-refractivity contribution in [2.45, 2.75) is 24.9 Å². The molecule has 28 heavy (non-hydrogen) atoms. The Hall–Kier alpha value is -2.64. The monoisotopic (exact) mass is 415 g/mol. The quantitative estimate of drug-likeness (QED) is 0.555. The van der Waals surface area contributed by atoms with Crippen molar-refractivity contribution in [1.82, 2.24) is 10.1 Å². The molecular weight excluding hydrogens is 398 g/mol. The number of anilines is 1. The first-order chi connectivity index (χ1) is 13.4. The van der Waals surface area contributed by atoms with Gasteiger partial charge in [-0.3, -0.25) is 9.59 Å². The Kier molecular flexibility index (Phi) is 6.49. The highest BCUT2D eigenvalue weighted by molar-refractivity contribution is 7.99. The molecule has 6 nitrogen and oxygen atoms in total. The number of rotatable bonds is 7. The predicted molar refractivity (Wildman–Crippen MR) is 111 cm³/mol. The molecule has 0 unspecified atom stereocenters. The molecular formula is C20H18ClN3O3S. The fourth-order valence-electron chi connectivity index (χ4n) is 2.37. The average molecular weight is 416 g/mol. The topological polar surface area (TPSA) is 85.1 Å². The van der Waals surface area contributed by atoms with Crippen LogP contribution >= 0.6 is 23.4 Å². The number of hydrogen-bond acceptors (Lipinski definition) is 6. The molecule has 0 spiro atoms. The van der Waals surface area contributed by atoms with Crippen LogP contribution in [0.5, 0.6) is 0 Å². The van der Waals surface area contributed by atoms with Crippen LogP contribution < -0.4 is 5.32 Å². The van der Waals surface area contributed by atoms with Gasteiger partial charge in [-0.1, -0.05) is 28.9 Å². The van der Waals surface area contributed by atoms with Crippen LogP contribution in [-0.2, 0) is 10.5 Å². The van der Waals surface area contributed by atoms with Crippen LogP contribution in [0.4, 0.5) is 5.69 Å². The number of carbonyl (C=O) groups excluding carboxylic acids is 2. The van der Waals surface area contributed by atoms with Crippen LogP contribution in [0, 0.1) is 0 Å². The van der Waals surface area contributed by atoms with Crippen LogP contribution in [0.1, 0.15) is 30.1 Å². The lowest BCUT2D eigenvalue weighted by atomic mass is 10.1. The molecule has 0 radical (unpaired) electrons. The summed E-state index contributed by atoms with van der Waals surface area (Å²) in [6.07, 6.45) is 0. The highest BCUT2D eigenvalue weighted by Crippen LogP contribution is 2.26. The molecule has 8 heteroatoms. The van der Waals surface area contributed by atoms with Gasteiger partial charge in [-0.25, -0.2) is 0 Å². The first kappa shape index (κ1) is 20.1. The number of amides is 1. The van der Waals surface area contributed by atoms with E-state index in [-0.39, 0.29) is 16.9 Å². The molecule has 0 fully saturated rings. The van der Waals surface area contributed by atoms with E-state index in [9.17, 15) is 9.59 Å². The summed E-state index contributed by atoms with van der Waals surface area (Å²) in [5.41, 5.74) is 1.94. The zero-order valence-electron chi connectivity index (χ0n) is 15.3. The van der Waals surface area contributed by atoms with Crippen LogP contribution in [0.15, 0.2) is 53.1 Å². The molecule has 144 valence electrons. The van der Waals surface area contributed by atoms with Crippen molar-refractivity contribution < 1.29 is 14.1 Å². The van der Waals surface area contributed by atoms with Crippen LogP contribution in [0.25, 0.3) is 11.4 Å². The van der Waals surface area contributed by atoms with Gasteiger partial charge >= 0.3 is 0 Å². The van der Waals surface area contributed by atoms with E-state index in [2.05, 4.69) is 15.5 Å². The Bertz CT molecular complexity index is 988. The predicted octanol–water partition coefficient (Wildman–Crippen LogP) is 4.85. The summed E-state index contributed by atoms with van der Waals surface area (Å²) in [6.45, 7) is 3.30. The molecule has 0 aliphatic rings. The zero-order chi connectivity index (χ0) is 20.1. The number of benzene rings is 2. The van der Waals surface area contributed by atoms with Gasteiger partial charge in [-0.2, -0.15) is 4.98 Å². The third-order valence-electron chi connectivity index (χ3n) is 3.97. The summed E-state index contributed by atoms with van der Waals surface area (Å²) in [4.78, 5) is 28.0. The third-order valence-corrected chi connectivity index (χ3v) is 5.43. The number of aromatic nitrogens is 2. The molecule has 1 N–H and O–H groups in total. The molecule has 1 amide bonds. The van der Waals surface area contributed by atoms with Gasteiger partial charge in [0.1, 0.15) is 0 Å². The highest BCUT2D eigenvalue weighted by atomic mass is 35.5. The lowest BCUT2D eigenvalue weighted by molar-refractivity contribution is -0.115. The van der Waals surface area contributed by atoms with Gasteiger partial charge in [0.2, 0.25) is 17.6 Å². The molecule has 1 heterocycles. The van der Waals surface area contributed by atoms with Crippen molar-refractivity contribution in [3.05, 3.63) is 65.0 Å². The Morgan fingerprint density at radius 2 is 1.89 bits per heavy atom. The van der Waals surface area contributed by atoms with Crippen molar-refractivity contribution >= 4 is 40.7 Å². The summed E-state index contributed by atoms with van der Waals surface area (Å²) in [5.74, 6) is 1.08. The Morgan fingerprint density at radius 3 is 2.57 bits per heavy atom. The second kappa shape index (κ2) is 9.03. The minimum absolute atomic E-state index is 0.0162. The van der Waals surface area contributed by atoms with E-state index >= 15 is 0 Å². The van der Waals surface area contributed by atoms with Gasteiger partial charge < -0.3 is 9.84 Å². The number of nitrogens with one attached hydrogen (secondary N) is 1. The molecule has 1 aromatic heterocycles. The van der Waals surface area contributed by atoms with E-state index in [4.69, 9.17) is 16.1 Å². The van der Waals surface area contributed by atoms with E-state index in [0.29, 0.717) is 39.3 Å². The molecule has 0 saturated heterocycles.